The highest BCUT2D eigenvalue weighted by atomic mass is 35.5. The minimum absolute atomic E-state index is 0. The van der Waals surface area contributed by atoms with Crippen molar-refractivity contribution in [2.75, 3.05) is 31.6 Å². The van der Waals surface area contributed by atoms with Crippen LogP contribution in [0.15, 0.2) is 43.0 Å². The molecule has 0 radical (unpaired) electrons. The molecule has 7 heteroatoms. The van der Waals surface area contributed by atoms with Crippen LogP contribution >= 0.6 is 36.4 Å². The molecule has 4 nitrogen and oxygen atoms in total. The quantitative estimate of drug-likeness (QED) is 0.379. The molecule has 2 heterocycles. The lowest BCUT2D eigenvalue weighted by Crippen LogP contribution is -2.49. The normalized spacial score (nSPS) is 21.4. The predicted molar refractivity (Wildman–Crippen MR) is 121 cm³/mol. The van der Waals surface area contributed by atoms with Gasteiger partial charge >= 0.3 is 0 Å². The van der Waals surface area contributed by atoms with Crippen molar-refractivity contribution in [3.63, 3.8) is 0 Å². The van der Waals surface area contributed by atoms with Gasteiger partial charge in [0, 0.05) is 44.2 Å². The molecule has 0 N–H and O–H groups in total. The summed E-state index contributed by atoms with van der Waals surface area (Å²) in [5.74, 6) is 1.78. The van der Waals surface area contributed by atoms with Gasteiger partial charge in [-0.2, -0.15) is 11.8 Å². The van der Waals surface area contributed by atoms with Gasteiger partial charge < -0.3 is 4.90 Å². The summed E-state index contributed by atoms with van der Waals surface area (Å²) >= 11 is 7.35. The minimum atomic E-state index is -0.122. The van der Waals surface area contributed by atoms with Crippen LogP contribution in [0.2, 0.25) is 0 Å². The van der Waals surface area contributed by atoms with Crippen molar-refractivity contribution in [3.8, 4) is 0 Å². The zero-order valence-electron chi connectivity index (χ0n) is 15.8. The largest absolute Gasteiger partial charge is 0.333 e. The van der Waals surface area contributed by atoms with E-state index in [1.54, 1.807) is 23.7 Å². The third-order valence-corrected chi connectivity index (χ3v) is 6.68. The first-order valence-corrected chi connectivity index (χ1v) is 10.7. The lowest BCUT2D eigenvalue weighted by molar-refractivity contribution is -0.127. The van der Waals surface area contributed by atoms with Crippen molar-refractivity contribution in [2.24, 2.45) is 0 Å². The summed E-state index contributed by atoms with van der Waals surface area (Å²) in [6, 6.07) is 10.8. The van der Waals surface area contributed by atoms with Gasteiger partial charge in [-0.25, -0.2) is 0 Å². The molecule has 148 valence electrons. The van der Waals surface area contributed by atoms with Crippen molar-refractivity contribution in [2.45, 2.75) is 31.5 Å². The van der Waals surface area contributed by atoms with Crippen LogP contribution in [0.1, 0.15) is 18.4 Å². The third-order valence-electron chi connectivity index (χ3n) is 5.17. The van der Waals surface area contributed by atoms with E-state index < -0.39 is 0 Å². The van der Waals surface area contributed by atoms with Gasteiger partial charge in [-0.1, -0.05) is 36.4 Å². The van der Waals surface area contributed by atoms with E-state index in [0.717, 1.165) is 44.0 Å². The number of hydrogen-bond donors (Lipinski definition) is 0. The highest BCUT2D eigenvalue weighted by Crippen LogP contribution is 2.28. The molecule has 0 aromatic heterocycles. The van der Waals surface area contributed by atoms with Crippen LogP contribution in [-0.2, 0) is 11.3 Å². The second kappa shape index (κ2) is 10.5. The first-order valence-electron chi connectivity index (χ1n) is 9.16. The first kappa shape index (κ1) is 22.2. The van der Waals surface area contributed by atoms with Crippen molar-refractivity contribution in [3.05, 3.63) is 48.6 Å². The number of halogens is 1. The summed E-state index contributed by atoms with van der Waals surface area (Å²) in [5, 5.41) is 0.695. The van der Waals surface area contributed by atoms with Crippen LogP contribution in [-0.4, -0.2) is 69.4 Å². The maximum absolute atomic E-state index is 12.6. The Morgan fingerprint density at radius 2 is 1.93 bits per heavy atom. The summed E-state index contributed by atoms with van der Waals surface area (Å²) in [6.45, 7) is 6.85. The van der Waals surface area contributed by atoms with E-state index in [1.807, 2.05) is 6.08 Å². The number of nitrogens with zero attached hydrogens (tertiary/aromatic N) is 3. The van der Waals surface area contributed by atoms with Gasteiger partial charge in [0.25, 0.3) is 5.91 Å². The molecule has 3 rings (SSSR count). The fraction of sp³-hybridized carbons (Fsp3) is 0.500. The van der Waals surface area contributed by atoms with E-state index in [9.17, 15) is 4.79 Å². The Balaban J connectivity index is 0.00000261. The number of carbonyl (C=O) groups excluding carboxylic acids is 1. The van der Waals surface area contributed by atoms with Gasteiger partial charge in [-0.3, -0.25) is 14.6 Å². The fourth-order valence-corrected chi connectivity index (χ4v) is 4.96. The predicted octanol–water partition coefficient (Wildman–Crippen LogP) is 3.42. The van der Waals surface area contributed by atoms with E-state index in [-0.39, 0.29) is 24.4 Å². The lowest BCUT2D eigenvalue weighted by Gasteiger charge is -2.39. The first-order chi connectivity index (χ1) is 12.6. The van der Waals surface area contributed by atoms with Gasteiger partial charge in [0.15, 0.2) is 5.11 Å². The van der Waals surface area contributed by atoms with Crippen LogP contribution < -0.4 is 0 Å². The topological polar surface area (TPSA) is 26.8 Å². The molecule has 1 aromatic rings. The highest BCUT2D eigenvalue weighted by molar-refractivity contribution is 7.99. The Labute approximate surface area is 178 Å². The van der Waals surface area contributed by atoms with E-state index in [4.69, 9.17) is 12.2 Å². The Bertz CT molecular complexity index is 650. The Kier molecular flexibility index (Phi) is 8.61. The minimum Gasteiger partial charge on any atom is -0.333 e. The third kappa shape index (κ3) is 5.25. The van der Waals surface area contributed by atoms with Crippen molar-refractivity contribution < 1.29 is 4.79 Å². The second-order valence-corrected chi connectivity index (χ2v) is 8.36. The average Bonchev–Trinajstić information content (AvgIpc) is 2.88. The molecule has 27 heavy (non-hydrogen) atoms. The van der Waals surface area contributed by atoms with Crippen molar-refractivity contribution in [1.82, 2.24) is 14.7 Å². The van der Waals surface area contributed by atoms with Gasteiger partial charge in [0.05, 0.1) is 0 Å². The van der Waals surface area contributed by atoms with Crippen LogP contribution in [0.25, 0.3) is 0 Å². The maximum Gasteiger partial charge on any atom is 0.252 e. The summed E-state index contributed by atoms with van der Waals surface area (Å²) in [7, 11) is 1.81. The van der Waals surface area contributed by atoms with E-state index in [2.05, 4.69) is 46.7 Å². The van der Waals surface area contributed by atoms with Crippen LogP contribution in [0.5, 0.6) is 0 Å². The number of hydrogen-bond acceptors (Lipinski definition) is 4. The van der Waals surface area contributed by atoms with E-state index in [1.165, 1.54) is 5.56 Å². The van der Waals surface area contributed by atoms with Gasteiger partial charge in [0.1, 0.15) is 6.04 Å². The number of benzene rings is 1. The molecule has 1 amide bonds. The fourth-order valence-electron chi connectivity index (χ4n) is 3.77. The molecule has 0 saturated carbocycles. The molecule has 1 aromatic carbocycles. The number of thiocarbonyl (C=S) groups is 1. The van der Waals surface area contributed by atoms with Gasteiger partial charge in [-0.15, -0.1) is 19.0 Å². The van der Waals surface area contributed by atoms with Crippen LogP contribution in [0.4, 0.5) is 0 Å². The van der Waals surface area contributed by atoms with Crippen molar-refractivity contribution in [1.29, 1.82) is 0 Å². The number of carbonyl (C=O) groups is 1. The van der Waals surface area contributed by atoms with Gasteiger partial charge in [0.2, 0.25) is 0 Å². The molecule has 2 aliphatic heterocycles. The zero-order valence-corrected chi connectivity index (χ0v) is 18.2. The molecule has 2 aliphatic rings. The summed E-state index contributed by atoms with van der Waals surface area (Å²) in [5.41, 5.74) is 1.36. The van der Waals surface area contributed by atoms with Crippen LogP contribution in [0, 0.1) is 0 Å². The number of likely N-dealkylation sites (tertiary alicyclic amines) is 1. The van der Waals surface area contributed by atoms with E-state index >= 15 is 0 Å². The number of rotatable bonds is 7. The van der Waals surface area contributed by atoms with Crippen LogP contribution in [0.3, 0.4) is 0 Å². The molecule has 1 unspecified atom stereocenters. The number of thioether (sulfide) groups is 1. The SMILES string of the molecule is C=CCSCC1C(=O)N(C)C(=S)N1C1CCN(Cc2ccccc2)CC1.Cl. The van der Waals surface area contributed by atoms with E-state index in [0.29, 0.717) is 11.2 Å². The molecular formula is C20H28ClN3OS2. The smallest absolute Gasteiger partial charge is 0.252 e. The second-order valence-electron chi connectivity index (χ2n) is 6.92. The number of amides is 1. The highest BCUT2D eigenvalue weighted by Gasteiger charge is 2.44. The number of piperidine rings is 1. The summed E-state index contributed by atoms with van der Waals surface area (Å²) in [6.07, 6.45) is 3.99. The molecule has 0 aliphatic carbocycles. The molecule has 2 saturated heterocycles. The average molecular weight is 426 g/mol. The molecule has 0 bridgehead atoms. The summed E-state index contributed by atoms with van der Waals surface area (Å²) in [4.78, 5) is 19.0. The van der Waals surface area contributed by atoms with Crippen molar-refractivity contribution >= 4 is 47.4 Å². The number of likely N-dealkylation sites (N-methyl/N-ethyl adjacent to an activating group) is 1. The molecule has 2 fully saturated rings. The molecule has 1 atom stereocenters. The monoisotopic (exact) mass is 425 g/mol. The maximum atomic E-state index is 12.6. The Morgan fingerprint density at radius 1 is 1.26 bits per heavy atom. The Morgan fingerprint density at radius 3 is 2.56 bits per heavy atom. The molecular weight excluding hydrogens is 398 g/mol. The Hall–Kier alpha value is -1.08. The summed E-state index contributed by atoms with van der Waals surface area (Å²) < 4.78 is 0. The zero-order chi connectivity index (χ0) is 18.5. The van der Waals surface area contributed by atoms with Gasteiger partial charge in [-0.05, 0) is 30.6 Å². The molecule has 0 spiro atoms. The standard InChI is InChI=1S/C20H27N3OS2.ClH/c1-3-13-26-15-18-19(24)21(2)20(25)23(18)17-9-11-22(12-10-17)14-16-7-5-4-6-8-16;/h3-8,17-18H,1,9-15H2,2H3;1H. The lowest BCUT2D eigenvalue weighted by atomic mass is 10.0.